The number of nitrogens with zero attached hydrogens (tertiary/aromatic N) is 5. The minimum atomic E-state index is -0.0480. The zero-order chi connectivity index (χ0) is 66.7. The number of fused-ring (bicyclic) bond motifs is 13. The summed E-state index contributed by atoms with van der Waals surface area (Å²) in [6, 6.07) is 119. The van der Waals surface area contributed by atoms with E-state index in [0.29, 0.717) is 0 Å². The number of hydrogen-bond donors (Lipinski definition) is 0. The van der Waals surface area contributed by atoms with Crippen molar-refractivity contribution in [3.63, 3.8) is 0 Å². The third kappa shape index (κ3) is 7.29. The van der Waals surface area contributed by atoms with Gasteiger partial charge in [0, 0.05) is 89.9 Å². The van der Waals surface area contributed by atoms with Gasteiger partial charge in [0.1, 0.15) is 11.2 Å². The average molecular weight is 1290 g/mol. The molecule has 25 rings (SSSR count). The summed E-state index contributed by atoms with van der Waals surface area (Å²) >= 11 is 0. The lowest BCUT2D eigenvalue weighted by atomic mass is 9.59. The van der Waals surface area contributed by atoms with Crippen molar-refractivity contribution in [3.05, 3.63) is 387 Å². The lowest BCUT2D eigenvalue weighted by Crippen LogP contribution is -2.29. The lowest BCUT2D eigenvalue weighted by Gasteiger charge is -2.43. The zero-order valence-corrected chi connectivity index (χ0v) is 54.9. The van der Waals surface area contributed by atoms with Crippen molar-refractivity contribution in [1.82, 2.24) is 13.7 Å². The topological polar surface area (TPSA) is 75.5 Å². The third-order valence-corrected chi connectivity index (χ3v) is 23.5. The van der Waals surface area contributed by atoms with E-state index in [1.807, 2.05) is 12.1 Å². The normalized spacial score (nSPS) is 15.8. The van der Waals surface area contributed by atoms with Gasteiger partial charge in [0.25, 0.3) is 0 Å². The molecule has 6 aliphatic rings. The Balaban J connectivity index is 0.744. The molecule has 4 aromatic heterocycles. The largest absolute Gasteiger partial charge is 0.456 e. The van der Waals surface area contributed by atoms with Crippen LogP contribution in [0.15, 0.2) is 314 Å². The van der Waals surface area contributed by atoms with Crippen LogP contribution in [0.3, 0.4) is 0 Å². The van der Waals surface area contributed by atoms with Crippen molar-refractivity contribution < 1.29 is 4.42 Å². The van der Waals surface area contributed by atoms with Crippen LogP contribution in [-0.4, -0.2) is 13.7 Å². The molecule has 6 heteroatoms. The molecule has 102 heavy (non-hydrogen) atoms. The summed E-state index contributed by atoms with van der Waals surface area (Å²) in [5.74, 6) is -0.136. The van der Waals surface area contributed by atoms with Crippen LogP contribution in [0.25, 0.3) is 138 Å². The molecule has 0 amide bonds. The monoisotopic (exact) mass is 1290 g/mol. The van der Waals surface area contributed by atoms with Crippen LogP contribution in [0, 0.1) is 22.7 Å². The van der Waals surface area contributed by atoms with E-state index in [9.17, 15) is 10.5 Å². The SMILES string of the molecule is N#Cc1ccc(-c2ccc3c(c2)c2c(-c4ccc(-n5c6ccc(-c7ccc(C#N)c8c7C7c9ccccc9C8c8ccccc87)cc6c6ccc7c8ccccc8n(-c8ccccc8)c7c65)cc4)cccc2n3-c2ccc3c(c2)oc2ccccc23)c2c1C1c3ccccc3C2c2ccccc21. The fourth-order valence-electron chi connectivity index (χ4n) is 19.5. The molecule has 0 saturated carbocycles. The zero-order valence-electron chi connectivity index (χ0n) is 54.9. The Morgan fingerprint density at radius 3 is 1.25 bits per heavy atom. The molecule has 470 valence electrons. The van der Waals surface area contributed by atoms with Crippen molar-refractivity contribution in [2.75, 3.05) is 0 Å². The number of para-hydroxylation sites is 3. The van der Waals surface area contributed by atoms with Crippen molar-refractivity contribution >= 4 is 87.4 Å². The number of nitriles is 2. The van der Waals surface area contributed by atoms with E-state index in [1.54, 1.807) is 0 Å². The molecule has 0 aliphatic heterocycles. The minimum absolute atomic E-state index is 0.0191. The van der Waals surface area contributed by atoms with Crippen molar-refractivity contribution in [2.45, 2.75) is 23.7 Å². The van der Waals surface area contributed by atoms with Crippen molar-refractivity contribution in [3.8, 4) is 62.6 Å². The van der Waals surface area contributed by atoms with E-state index in [1.165, 1.54) is 66.4 Å². The quantitative estimate of drug-likeness (QED) is 0.166. The molecule has 4 heterocycles. The molecule has 15 aromatic carbocycles. The molecule has 4 bridgehead atoms. The van der Waals surface area contributed by atoms with Gasteiger partial charge in [0.2, 0.25) is 0 Å². The molecule has 19 aromatic rings. The van der Waals surface area contributed by atoms with Gasteiger partial charge in [-0.05, 0) is 191 Å². The Morgan fingerprint density at radius 2 is 0.676 bits per heavy atom. The summed E-state index contributed by atoms with van der Waals surface area (Å²) in [6.07, 6.45) is 0. The maximum absolute atomic E-state index is 11.0. The number of furan rings is 1. The molecule has 0 N–H and O–H groups in total. The summed E-state index contributed by atoms with van der Waals surface area (Å²) < 4.78 is 14.0. The smallest absolute Gasteiger partial charge is 0.137 e. The van der Waals surface area contributed by atoms with E-state index in [4.69, 9.17) is 4.42 Å². The highest BCUT2D eigenvalue weighted by molar-refractivity contribution is 6.24. The summed E-state index contributed by atoms with van der Waals surface area (Å²) in [7, 11) is 0. The van der Waals surface area contributed by atoms with Gasteiger partial charge in [-0.2, -0.15) is 10.5 Å². The van der Waals surface area contributed by atoms with E-state index in [0.717, 1.165) is 149 Å². The summed E-state index contributed by atoms with van der Waals surface area (Å²) in [4.78, 5) is 0. The van der Waals surface area contributed by atoms with E-state index in [2.05, 4.69) is 323 Å². The van der Waals surface area contributed by atoms with Gasteiger partial charge in [-0.3, -0.25) is 0 Å². The van der Waals surface area contributed by atoms with Gasteiger partial charge in [-0.1, -0.05) is 212 Å². The lowest BCUT2D eigenvalue weighted by molar-refractivity contribution is 0.668. The van der Waals surface area contributed by atoms with Crippen LogP contribution < -0.4 is 0 Å². The van der Waals surface area contributed by atoms with Crippen LogP contribution >= 0.6 is 0 Å². The average Bonchev–Trinajstić information content (AvgIpc) is 0.949. The molecule has 0 saturated heterocycles. The molecule has 0 atom stereocenters. The number of hydrogen-bond acceptors (Lipinski definition) is 3. The summed E-state index contributed by atoms with van der Waals surface area (Å²) in [6.45, 7) is 0. The highest BCUT2D eigenvalue weighted by atomic mass is 16.3. The van der Waals surface area contributed by atoms with E-state index >= 15 is 0 Å². The number of rotatable bonds is 6. The van der Waals surface area contributed by atoms with Gasteiger partial charge in [0.15, 0.2) is 0 Å². The minimum Gasteiger partial charge on any atom is -0.456 e. The molecule has 0 fully saturated rings. The first-order valence-electron chi connectivity index (χ1n) is 35.2. The second-order valence-corrected chi connectivity index (χ2v) is 28.2. The molecule has 6 nitrogen and oxygen atoms in total. The van der Waals surface area contributed by atoms with Gasteiger partial charge < -0.3 is 18.1 Å². The Bertz CT molecular complexity index is 6960. The Hall–Kier alpha value is -13.5. The number of benzene rings is 15. The second-order valence-electron chi connectivity index (χ2n) is 28.2. The number of aromatic nitrogens is 3. The van der Waals surface area contributed by atoms with Gasteiger partial charge >= 0.3 is 0 Å². The highest BCUT2D eigenvalue weighted by Crippen LogP contribution is 2.61. The van der Waals surface area contributed by atoms with Crippen LogP contribution in [0.4, 0.5) is 0 Å². The first-order valence-corrected chi connectivity index (χ1v) is 35.2. The molecule has 0 unspecified atom stereocenters. The van der Waals surface area contributed by atoms with E-state index in [-0.39, 0.29) is 23.7 Å². The van der Waals surface area contributed by atoms with E-state index < -0.39 is 0 Å². The first kappa shape index (κ1) is 55.5. The molecule has 0 radical (unpaired) electrons. The van der Waals surface area contributed by atoms with Gasteiger partial charge in [-0.25, -0.2) is 0 Å². The van der Waals surface area contributed by atoms with Gasteiger partial charge in [0.05, 0.1) is 56.4 Å². The van der Waals surface area contributed by atoms with Crippen LogP contribution in [0.2, 0.25) is 0 Å². The van der Waals surface area contributed by atoms with Crippen molar-refractivity contribution in [2.24, 2.45) is 0 Å². The molecular weight excluding hydrogens is 1240 g/mol. The Kier molecular flexibility index (Phi) is 11.2. The fraction of sp³-hybridized carbons (Fsp3) is 0.0417. The first-order chi connectivity index (χ1) is 50.6. The predicted molar refractivity (Wildman–Crippen MR) is 412 cm³/mol. The molecule has 0 spiro atoms. The second kappa shape index (κ2) is 20.5. The maximum atomic E-state index is 11.0. The molecular formula is C96H55N5O. The maximum Gasteiger partial charge on any atom is 0.137 e. The summed E-state index contributed by atoms with van der Waals surface area (Å²) in [5, 5.41) is 31.1. The van der Waals surface area contributed by atoms with Crippen LogP contribution in [-0.2, 0) is 0 Å². The van der Waals surface area contributed by atoms with Gasteiger partial charge in [-0.15, -0.1) is 0 Å². The predicted octanol–water partition coefficient (Wildman–Crippen LogP) is 23.6. The van der Waals surface area contributed by atoms with Crippen molar-refractivity contribution in [1.29, 1.82) is 10.5 Å². The van der Waals surface area contributed by atoms with Crippen LogP contribution in [0.1, 0.15) is 102 Å². The molecule has 6 aliphatic carbocycles. The Morgan fingerprint density at radius 1 is 0.255 bits per heavy atom. The third-order valence-electron chi connectivity index (χ3n) is 23.5. The standard InChI is InChI=1S/C96H55N5O/c97-52-57-35-42-63(93-86(57)89-68-21-4-8-25-72(68)91(93)73-26-9-5-22-69(73)89)55-37-47-81-78(49-55)77-46-45-76-65-19-12-14-30-80(65)100(59-17-2-1-3-18-59)95(76)96(77)101(81)60-39-33-54(34-40-60)62-29-16-31-83-88(62)79-50-56(38-48-82(79)99(83)61-41-44-67-66-20-13-15-32-84(66)102-85(67)51-61)64-43-36-58(53-98)87-90-70-23-6-10-27-74(70)92(94(64)87)75-28-11-7-24-71(75)90/h1-51,89-92H. The highest BCUT2D eigenvalue weighted by Gasteiger charge is 2.46. The summed E-state index contributed by atoms with van der Waals surface area (Å²) in [5.41, 5.74) is 34.9. The Labute approximate surface area is 585 Å². The fourth-order valence-corrected chi connectivity index (χ4v) is 19.5. The van der Waals surface area contributed by atoms with Crippen LogP contribution in [0.5, 0.6) is 0 Å².